The Labute approximate surface area is 105 Å². The number of hydrogen-bond donors (Lipinski definition) is 1. The third-order valence-electron chi connectivity index (χ3n) is 3.26. The zero-order valence-corrected chi connectivity index (χ0v) is 11.0. The van der Waals surface area contributed by atoms with Crippen molar-refractivity contribution in [2.45, 2.75) is 32.3 Å². The van der Waals surface area contributed by atoms with E-state index in [4.69, 9.17) is 10.5 Å². The highest BCUT2D eigenvalue weighted by atomic mass is 79.9. The van der Waals surface area contributed by atoms with E-state index in [2.05, 4.69) is 15.9 Å². The summed E-state index contributed by atoms with van der Waals surface area (Å²) in [5, 5.41) is 0. The molecule has 0 atom stereocenters. The molecule has 88 valence electrons. The summed E-state index contributed by atoms with van der Waals surface area (Å²) in [6.45, 7) is 1.52. The van der Waals surface area contributed by atoms with E-state index in [0.29, 0.717) is 6.61 Å². The van der Waals surface area contributed by atoms with Gasteiger partial charge in [-0.05, 0) is 39.9 Å². The molecule has 3 heteroatoms. The lowest BCUT2D eigenvalue weighted by atomic mass is 9.83. The Hall–Kier alpha value is -0.540. The maximum Gasteiger partial charge on any atom is 0.0728 e. The molecule has 0 saturated heterocycles. The van der Waals surface area contributed by atoms with Crippen LogP contribution in [-0.2, 0) is 11.3 Å². The first-order chi connectivity index (χ1) is 7.77. The summed E-state index contributed by atoms with van der Waals surface area (Å²) in [5.41, 5.74) is 7.71. The van der Waals surface area contributed by atoms with E-state index in [1.165, 1.54) is 25.7 Å². The molecule has 0 radical (unpaired) electrons. The SMILES string of the molecule is Nc1cccc(COCCC2CCC2)c1Br. The highest BCUT2D eigenvalue weighted by Crippen LogP contribution is 2.29. The number of nitrogens with two attached hydrogens (primary N) is 1. The molecule has 1 aromatic carbocycles. The fourth-order valence-electron chi connectivity index (χ4n) is 1.92. The molecule has 2 rings (SSSR count). The summed E-state index contributed by atoms with van der Waals surface area (Å²) in [6, 6.07) is 5.90. The molecule has 0 unspecified atom stereocenters. The smallest absolute Gasteiger partial charge is 0.0728 e. The van der Waals surface area contributed by atoms with E-state index in [-0.39, 0.29) is 0 Å². The van der Waals surface area contributed by atoms with E-state index in [9.17, 15) is 0 Å². The van der Waals surface area contributed by atoms with Crippen molar-refractivity contribution in [2.75, 3.05) is 12.3 Å². The first-order valence-electron chi connectivity index (χ1n) is 5.88. The Morgan fingerprint density at radius 3 is 2.88 bits per heavy atom. The average molecular weight is 284 g/mol. The summed E-state index contributed by atoms with van der Waals surface area (Å²) in [5.74, 6) is 0.921. The molecule has 1 aliphatic rings. The second kappa shape index (κ2) is 5.69. The van der Waals surface area contributed by atoms with Crippen LogP contribution in [0.3, 0.4) is 0 Å². The highest BCUT2D eigenvalue weighted by Gasteiger charge is 2.16. The zero-order chi connectivity index (χ0) is 11.4. The Morgan fingerprint density at radius 1 is 1.38 bits per heavy atom. The van der Waals surface area contributed by atoms with Crippen LogP contribution in [0.15, 0.2) is 22.7 Å². The van der Waals surface area contributed by atoms with Crippen molar-refractivity contribution in [1.29, 1.82) is 0 Å². The second-order valence-electron chi connectivity index (χ2n) is 4.46. The molecule has 1 fully saturated rings. The van der Waals surface area contributed by atoms with Crippen molar-refractivity contribution < 1.29 is 4.74 Å². The van der Waals surface area contributed by atoms with Gasteiger partial charge in [0, 0.05) is 16.8 Å². The van der Waals surface area contributed by atoms with Gasteiger partial charge in [-0.15, -0.1) is 0 Å². The normalized spacial score (nSPS) is 16.1. The maximum absolute atomic E-state index is 5.80. The minimum absolute atomic E-state index is 0.651. The highest BCUT2D eigenvalue weighted by molar-refractivity contribution is 9.10. The molecule has 1 saturated carbocycles. The van der Waals surface area contributed by atoms with Gasteiger partial charge in [-0.2, -0.15) is 0 Å². The molecule has 0 spiro atoms. The number of nitrogen functional groups attached to an aromatic ring is 1. The van der Waals surface area contributed by atoms with Crippen LogP contribution < -0.4 is 5.73 Å². The van der Waals surface area contributed by atoms with Crippen LogP contribution >= 0.6 is 15.9 Å². The second-order valence-corrected chi connectivity index (χ2v) is 5.25. The number of ether oxygens (including phenoxy) is 1. The molecule has 0 amide bonds. The van der Waals surface area contributed by atoms with Crippen LogP contribution in [0.5, 0.6) is 0 Å². The van der Waals surface area contributed by atoms with E-state index in [0.717, 1.165) is 28.2 Å². The fourth-order valence-corrected chi connectivity index (χ4v) is 2.30. The largest absolute Gasteiger partial charge is 0.398 e. The minimum atomic E-state index is 0.651. The van der Waals surface area contributed by atoms with Gasteiger partial charge in [0.2, 0.25) is 0 Å². The van der Waals surface area contributed by atoms with Gasteiger partial charge in [0.1, 0.15) is 0 Å². The van der Waals surface area contributed by atoms with Gasteiger partial charge in [-0.25, -0.2) is 0 Å². The van der Waals surface area contributed by atoms with Crippen LogP contribution in [0.4, 0.5) is 5.69 Å². The molecule has 16 heavy (non-hydrogen) atoms. The maximum atomic E-state index is 5.80. The van der Waals surface area contributed by atoms with Gasteiger partial charge in [0.05, 0.1) is 6.61 Å². The molecule has 2 N–H and O–H groups in total. The number of halogens is 1. The number of anilines is 1. The molecular weight excluding hydrogens is 266 g/mol. The Morgan fingerprint density at radius 2 is 2.19 bits per heavy atom. The van der Waals surface area contributed by atoms with Crippen molar-refractivity contribution in [3.8, 4) is 0 Å². The first kappa shape index (κ1) is 11.9. The van der Waals surface area contributed by atoms with Crippen LogP contribution in [0.1, 0.15) is 31.2 Å². The Balaban J connectivity index is 1.73. The average Bonchev–Trinajstić information content (AvgIpc) is 2.21. The predicted molar refractivity (Wildman–Crippen MR) is 70.2 cm³/mol. The van der Waals surface area contributed by atoms with E-state index < -0.39 is 0 Å². The third-order valence-corrected chi connectivity index (χ3v) is 4.23. The van der Waals surface area contributed by atoms with Crippen molar-refractivity contribution in [2.24, 2.45) is 5.92 Å². The summed E-state index contributed by atoms with van der Waals surface area (Å²) in [6.07, 6.45) is 5.40. The zero-order valence-electron chi connectivity index (χ0n) is 9.42. The van der Waals surface area contributed by atoms with Gasteiger partial charge >= 0.3 is 0 Å². The van der Waals surface area contributed by atoms with E-state index in [1.54, 1.807) is 0 Å². The van der Waals surface area contributed by atoms with E-state index >= 15 is 0 Å². The van der Waals surface area contributed by atoms with Crippen molar-refractivity contribution in [3.05, 3.63) is 28.2 Å². The number of rotatable bonds is 5. The molecule has 0 heterocycles. The standard InChI is InChI=1S/C13H18BrNO/c14-13-11(5-2-6-12(13)15)9-16-8-7-10-3-1-4-10/h2,5-6,10H,1,3-4,7-9,15H2. The van der Waals surface area contributed by atoms with Crippen molar-refractivity contribution in [3.63, 3.8) is 0 Å². The Bertz CT molecular complexity index is 350. The van der Waals surface area contributed by atoms with Crippen LogP contribution in [0, 0.1) is 5.92 Å². The Kier molecular flexibility index (Phi) is 4.24. The quantitative estimate of drug-likeness (QED) is 0.660. The van der Waals surface area contributed by atoms with Crippen LogP contribution in [-0.4, -0.2) is 6.61 Å². The molecule has 2 nitrogen and oxygen atoms in total. The van der Waals surface area contributed by atoms with Gasteiger partial charge in [0.25, 0.3) is 0 Å². The molecule has 0 bridgehead atoms. The topological polar surface area (TPSA) is 35.2 Å². The van der Waals surface area contributed by atoms with Crippen molar-refractivity contribution >= 4 is 21.6 Å². The van der Waals surface area contributed by atoms with Gasteiger partial charge in [0.15, 0.2) is 0 Å². The lowest BCUT2D eigenvalue weighted by Crippen LogP contribution is -2.13. The van der Waals surface area contributed by atoms with Gasteiger partial charge in [-0.1, -0.05) is 31.4 Å². The van der Waals surface area contributed by atoms with Gasteiger partial charge < -0.3 is 10.5 Å². The molecule has 0 aromatic heterocycles. The molecular formula is C13H18BrNO. The summed E-state index contributed by atoms with van der Waals surface area (Å²) >= 11 is 3.48. The third kappa shape index (κ3) is 2.98. The summed E-state index contributed by atoms with van der Waals surface area (Å²) < 4.78 is 6.65. The molecule has 0 aliphatic heterocycles. The van der Waals surface area contributed by atoms with Crippen LogP contribution in [0.2, 0.25) is 0 Å². The summed E-state index contributed by atoms with van der Waals surface area (Å²) in [7, 11) is 0. The van der Waals surface area contributed by atoms with Gasteiger partial charge in [-0.3, -0.25) is 0 Å². The monoisotopic (exact) mass is 283 g/mol. The lowest BCUT2D eigenvalue weighted by molar-refractivity contribution is 0.0947. The first-order valence-corrected chi connectivity index (χ1v) is 6.67. The van der Waals surface area contributed by atoms with Crippen molar-refractivity contribution in [1.82, 2.24) is 0 Å². The lowest BCUT2D eigenvalue weighted by Gasteiger charge is -2.24. The number of benzene rings is 1. The predicted octanol–water partition coefficient (Wildman–Crippen LogP) is 3.74. The number of hydrogen-bond acceptors (Lipinski definition) is 2. The van der Waals surface area contributed by atoms with Crippen LogP contribution in [0.25, 0.3) is 0 Å². The summed E-state index contributed by atoms with van der Waals surface area (Å²) in [4.78, 5) is 0. The minimum Gasteiger partial charge on any atom is -0.398 e. The molecule has 1 aromatic rings. The fraction of sp³-hybridized carbons (Fsp3) is 0.538. The van der Waals surface area contributed by atoms with E-state index in [1.807, 2.05) is 18.2 Å². The molecule has 1 aliphatic carbocycles.